The Labute approximate surface area is 62.4 Å². The number of rotatable bonds is 1. The van der Waals surface area contributed by atoms with Gasteiger partial charge in [0, 0.05) is 17.6 Å². The van der Waals surface area contributed by atoms with E-state index in [1.165, 1.54) is 0 Å². The summed E-state index contributed by atoms with van der Waals surface area (Å²) in [7, 11) is 0.430. The molecule has 0 saturated carbocycles. The first-order chi connectivity index (χ1) is 4.39. The van der Waals surface area contributed by atoms with E-state index in [-0.39, 0.29) is 4.31 Å². The summed E-state index contributed by atoms with van der Waals surface area (Å²) >= 11 is 0. The molecule has 0 atom stereocenters. The summed E-state index contributed by atoms with van der Waals surface area (Å²) < 4.78 is 20.4. The van der Waals surface area contributed by atoms with Crippen molar-refractivity contribution in [3.05, 3.63) is 0 Å². The molecule has 0 aliphatic heterocycles. The Hall–Kier alpha value is -0.800. The highest BCUT2D eigenvalue weighted by atomic mass is 35.7. The number of amides is 1. The van der Waals surface area contributed by atoms with Crippen LogP contribution in [0.25, 0.3) is 0 Å². The highest BCUT2D eigenvalue weighted by Gasteiger charge is 2.21. The molecule has 0 spiro atoms. The topological polar surface area (TPSA) is 78.2 Å². The van der Waals surface area contributed by atoms with Gasteiger partial charge in [-0.25, -0.2) is 0 Å². The zero-order valence-corrected chi connectivity index (χ0v) is 6.48. The SMILES string of the molecule is CC(=O)N(C#N)S(=O)(=O)Cl. The predicted molar refractivity (Wildman–Crippen MR) is 32.9 cm³/mol. The van der Waals surface area contributed by atoms with Crippen molar-refractivity contribution >= 4 is 25.8 Å². The average Bonchev–Trinajstić information content (AvgIpc) is 1.60. The molecule has 56 valence electrons. The molecule has 5 nitrogen and oxygen atoms in total. The second-order valence-corrected chi connectivity index (χ2v) is 3.68. The van der Waals surface area contributed by atoms with Gasteiger partial charge in [-0.05, 0) is 0 Å². The lowest BCUT2D eigenvalue weighted by Crippen LogP contribution is -2.26. The van der Waals surface area contributed by atoms with E-state index in [1.807, 2.05) is 0 Å². The van der Waals surface area contributed by atoms with E-state index in [0.717, 1.165) is 13.1 Å². The number of hydrogen-bond donors (Lipinski definition) is 0. The molecule has 0 aliphatic rings. The average molecular weight is 183 g/mol. The molecule has 0 radical (unpaired) electrons. The van der Waals surface area contributed by atoms with Crippen LogP contribution in [-0.2, 0) is 14.0 Å². The standard InChI is InChI=1S/C3H3ClN2O3S/c1-3(7)6(2-5)10(4,8)9/h1H3. The second-order valence-electron chi connectivity index (χ2n) is 1.33. The normalized spacial score (nSPS) is 10.1. The summed E-state index contributed by atoms with van der Waals surface area (Å²) in [5.74, 6) is -0.933. The maximum Gasteiger partial charge on any atom is 0.336 e. The third-order valence-corrected chi connectivity index (χ3v) is 1.78. The number of carbonyl (C=O) groups is 1. The van der Waals surface area contributed by atoms with Crippen LogP contribution >= 0.6 is 10.7 Å². The lowest BCUT2D eigenvalue weighted by Gasteiger charge is -2.03. The van der Waals surface area contributed by atoms with Crippen LogP contribution in [0.5, 0.6) is 0 Å². The molecule has 0 saturated heterocycles. The summed E-state index contributed by atoms with van der Waals surface area (Å²) in [6.07, 6.45) is 1.11. The summed E-state index contributed by atoms with van der Waals surface area (Å²) in [5.41, 5.74) is 0. The molecule has 10 heavy (non-hydrogen) atoms. The first kappa shape index (κ1) is 9.20. The van der Waals surface area contributed by atoms with Crippen molar-refractivity contribution in [1.29, 1.82) is 5.26 Å². The maximum atomic E-state index is 10.3. The van der Waals surface area contributed by atoms with Crippen LogP contribution in [0, 0.1) is 11.5 Å². The molecule has 0 aromatic rings. The fourth-order valence-corrected chi connectivity index (χ4v) is 1.06. The molecule has 0 bridgehead atoms. The van der Waals surface area contributed by atoms with Gasteiger partial charge in [0.25, 0.3) is 0 Å². The molecule has 1 amide bonds. The third-order valence-electron chi connectivity index (χ3n) is 0.595. The zero-order valence-electron chi connectivity index (χ0n) is 4.91. The Morgan fingerprint density at radius 3 is 2.10 bits per heavy atom. The molecule has 7 heteroatoms. The van der Waals surface area contributed by atoms with Gasteiger partial charge in [-0.3, -0.25) is 4.79 Å². The van der Waals surface area contributed by atoms with Crippen molar-refractivity contribution in [2.45, 2.75) is 6.92 Å². The minimum Gasteiger partial charge on any atom is -0.273 e. The van der Waals surface area contributed by atoms with Crippen LogP contribution < -0.4 is 0 Å². The quantitative estimate of drug-likeness (QED) is 0.320. The Kier molecular flexibility index (Phi) is 2.63. The van der Waals surface area contributed by atoms with Gasteiger partial charge in [0.1, 0.15) is 0 Å². The van der Waals surface area contributed by atoms with E-state index in [1.54, 1.807) is 0 Å². The van der Waals surface area contributed by atoms with Crippen molar-refractivity contribution in [3.8, 4) is 6.19 Å². The molecular weight excluding hydrogens is 180 g/mol. The first-order valence-corrected chi connectivity index (χ1v) is 4.31. The van der Waals surface area contributed by atoms with Gasteiger partial charge in [0.05, 0.1) is 0 Å². The molecule has 0 rings (SSSR count). The molecule has 0 fully saturated rings. The van der Waals surface area contributed by atoms with Gasteiger partial charge >= 0.3 is 9.24 Å². The molecule has 0 aromatic carbocycles. The molecule has 0 unspecified atom stereocenters. The highest BCUT2D eigenvalue weighted by Crippen LogP contribution is 2.03. The predicted octanol–water partition coefficient (Wildman–Crippen LogP) is -0.200. The minimum atomic E-state index is -4.22. The van der Waals surface area contributed by atoms with E-state index in [4.69, 9.17) is 5.26 Å². The van der Waals surface area contributed by atoms with Crippen LogP contribution in [-0.4, -0.2) is 18.6 Å². The molecule has 0 heterocycles. The van der Waals surface area contributed by atoms with Crippen LogP contribution in [0.15, 0.2) is 0 Å². The number of hydrogen-bond acceptors (Lipinski definition) is 4. The third kappa shape index (κ3) is 2.21. The zero-order chi connectivity index (χ0) is 8.36. The largest absolute Gasteiger partial charge is 0.336 e. The van der Waals surface area contributed by atoms with Gasteiger partial charge in [0.2, 0.25) is 12.1 Å². The summed E-state index contributed by atoms with van der Waals surface area (Å²) in [5, 5.41) is 8.02. The number of halogens is 1. The Morgan fingerprint density at radius 2 is 2.10 bits per heavy atom. The summed E-state index contributed by atoms with van der Waals surface area (Å²) in [6.45, 7) is 0.920. The van der Waals surface area contributed by atoms with Crippen LogP contribution in [0.3, 0.4) is 0 Å². The lowest BCUT2D eigenvalue weighted by atomic mass is 10.7. The van der Waals surface area contributed by atoms with E-state index >= 15 is 0 Å². The number of carbonyl (C=O) groups excluding carboxylic acids is 1. The van der Waals surface area contributed by atoms with Crippen molar-refractivity contribution < 1.29 is 13.2 Å². The molecule has 0 aliphatic carbocycles. The van der Waals surface area contributed by atoms with Gasteiger partial charge in [-0.15, -0.1) is 4.31 Å². The molecular formula is C3H3ClN2O3S. The van der Waals surface area contributed by atoms with Crippen LogP contribution in [0.2, 0.25) is 0 Å². The number of nitriles is 1. The van der Waals surface area contributed by atoms with Gasteiger partial charge in [0.15, 0.2) is 0 Å². The van der Waals surface area contributed by atoms with Gasteiger partial charge in [-0.2, -0.15) is 13.7 Å². The van der Waals surface area contributed by atoms with Gasteiger partial charge in [-0.1, -0.05) is 0 Å². The second kappa shape index (κ2) is 2.86. The van der Waals surface area contributed by atoms with Crippen LogP contribution in [0.4, 0.5) is 0 Å². The van der Waals surface area contributed by atoms with E-state index in [2.05, 4.69) is 10.7 Å². The van der Waals surface area contributed by atoms with Crippen LogP contribution in [0.1, 0.15) is 6.92 Å². The monoisotopic (exact) mass is 182 g/mol. The van der Waals surface area contributed by atoms with E-state index in [9.17, 15) is 13.2 Å². The minimum absolute atomic E-state index is 0.117. The molecule has 0 N–H and O–H groups in total. The van der Waals surface area contributed by atoms with Crippen molar-refractivity contribution in [1.82, 2.24) is 4.31 Å². The molecule has 0 aromatic heterocycles. The summed E-state index contributed by atoms with van der Waals surface area (Å²) in [6, 6.07) is 0. The van der Waals surface area contributed by atoms with Gasteiger partial charge < -0.3 is 0 Å². The Morgan fingerprint density at radius 1 is 1.70 bits per heavy atom. The van der Waals surface area contributed by atoms with E-state index < -0.39 is 15.1 Å². The van der Waals surface area contributed by atoms with Crippen molar-refractivity contribution in [2.75, 3.05) is 0 Å². The number of nitrogens with zero attached hydrogens (tertiary/aromatic N) is 2. The Bertz CT molecular complexity index is 277. The van der Waals surface area contributed by atoms with Crippen molar-refractivity contribution in [3.63, 3.8) is 0 Å². The lowest BCUT2D eigenvalue weighted by molar-refractivity contribution is -0.122. The summed E-state index contributed by atoms with van der Waals surface area (Å²) in [4.78, 5) is 10.3. The van der Waals surface area contributed by atoms with E-state index in [0.29, 0.717) is 0 Å². The fourth-order valence-electron chi connectivity index (χ4n) is 0.273. The highest BCUT2D eigenvalue weighted by molar-refractivity contribution is 8.12. The smallest absolute Gasteiger partial charge is 0.273 e. The fraction of sp³-hybridized carbons (Fsp3) is 0.333. The Balaban J connectivity index is 4.78. The first-order valence-electron chi connectivity index (χ1n) is 2.05. The maximum absolute atomic E-state index is 10.3. The van der Waals surface area contributed by atoms with Crippen molar-refractivity contribution in [2.24, 2.45) is 0 Å².